The average Bonchev–Trinajstić information content (AvgIpc) is 3.19. The van der Waals surface area contributed by atoms with Crippen LogP contribution < -0.4 is 9.47 Å². The molecule has 2 aromatic rings. The molecule has 1 saturated heterocycles. The standard InChI is InChI=1S/C18H17NO5S/c1-4-19-17(20)15(24-18(19)25)10-11-8-9-13(23-11)12-6-5-7-14(21-2)16(12)22-3/h5-10H,4H2,1-3H3/b15-10-. The highest BCUT2D eigenvalue weighted by molar-refractivity contribution is 7.80. The Hall–Kier alpha value is -2.80. The van der Waals surface area contributed by atoms with Gasteiger partial charge in [0.2, 0.25) is 0 Å². The maximum absolute atomic E-state index is 12.2. The van der Waals surface area contributed by atoms with Crippen molar-refractivity contribution in [1.29, 1.82) is 0 Å². The Morgan fingerprint density at radius 1 is 1.20 bits per heavy atom. The molecule has 0 saturated carbocycles. The van der Waals surface area contributed by atoms with E-state index < -0.39 is 0 Å². The summed E-state index contributed by atoms with van der Waals surface area (Å²) in [4.78, 5) is 13.6. The zero-order valence-corrected chi connectivity index (χ0v) is 14.9. The van der Waals surface area contributed by atoms with Crippen LogP contribution in [0, 0.1) is 0 Å². The van der Waals surface area contributed by atoms with Gasteiger partial charge in [0.25, 0.3) is 11.1 Å². The molecule has 1 aromatic heterocycles. The molecule has 7 heteroatoms. The molecule has 0 bridgehead atoms. The Morgan fingerprint density at radius 2 is 2.00 bits per heavy atom. The highest BCUT2D eigenvalue weighted by atomic mass is 32.1. The molecule has 1 fully saturated rings. The number of hydrogen-bond donors (Lipinski definition) is 0. The fourth-order valence-electron chi connectivity index (χ4n) is 2.56. The van der Waals surface area contributed by atoms with E-state index >= 15 is 0 Å². The quantitative estimate of drug-likeness (QED) is 0.602. The van der Waals surface area contributed by atoms with E-state index in [-0.39, 0.29) is 16.8 Å². The van der Waals surface area contributed by atoms with Crippen LogP contribution in [-0.4, -0.2) is 36.7 Å². The zero-order chi connectivity index (χ0) is 18.0. The Kier molecular flexibility index (Phi) is 4.76. The highest BCUT2D eigenvalue weighted by Crippen LogP contribution is 2.38. The summed E-state index contributed by atoms with van der Waals surface area (Å²) in [5, 5.41) is 0.153. The van der Waals surface area contributed by atoms with E-state index in [1.807, 2.05) is 19.1 Å². The van der Waals surface area contributed by atoms with Gasteiger partial charge in [-0.25, -0.2) is 0 Å². The largest absolute Gasteiger partial charge is 0.493 e. The van der Waals surface area contributed by atoms with E-state index in [0.717, 1.165) is 5.56 Å². The average molecular weight is 359 g/mol. The van der Waals surface area contributed by atoms with Crippen molar-refractivity contribution in [2.24, 2.45) is 0 Å². The fourth-order valence-corrected chi connectivity index (χ4v) is 2.86. The van der Waals surface area contributed by atoms with Gasteiger partial charge >= 0.3 is 0 Å². The number of para-hydroxylation sites is 1. The minimum atomic E-state index is -0.274. The van der Waals surface area contributed by atoms with Gasteiger partial charge in [-0.05, 0) is 43.4 Å². The van der Waals surface area contributed by atoms with Crippen molar-refractivity contribution in [3.63, 3.8) is 0 Å². The van der Waals surface area contributed by atoms with Gasteiger partial charge in [0.15, 0.2) is 17.3 Å². The molecule has 6 nitrogen and oxygen atoms in total. The number of thiocarbonyl (C=S) groups is 1. The van der Waals surface area contributed by atoms with Crippen molar-refractivity contribution < 1.29 is 23.4 Å². The summed E-state index contributed by atoms with van der Waals surface area (Å²) in [7, 11) is 3.14. The smallest absolute Gasteiger partial charge is 0.297 e. The Labute approximate surface area is 150 Å². The number of hydrogen-bond acceptors (Lipinski definition) is 6. The monoisotopic (exact) mass is 359 g/mol. The number of likely N-dealkylation sites (N-methyl/N-ethyl adjacent to an activating group) is 1. The maximum Gasteiger partial charge on any atom is 0.297 e. The molecular formula is C18H17NO5S. The zero-order valence-electron chi connectivity index (χ0n) is 14.1. The van der Waals surface area contributed by atoms with Gasteiger partial charge in [-0.15, -0.1) is 0 Å². The second-order valence-electron chi connectivity index (χ2n) is 5.17. The molecule has 1 aromatic carbocycles. The molecule has 0 unspecified atom stereocenters. The van der Waals surface area contributed by atoms with Gasteiger partial charge in [0.05, 0.1) is 19.8 Å². The van der Waals surface area contributed by atoms with Crippen molar-refractivity contribution in [2.75, 3.05) is 20.8 Å². The summed E-state index contributed by atoms with van der Waals surface area (Å²) in [5.41, 5.74) is 0.746. The van der Waals surface area contributed by atoms with Crippen molar-refractivity contribution >= 4 is 29.4 Å². The number of carbonyl (C=O) groups is 1. The molecule has 130 valence electrons. The van der Waals surface area contributed by atoms with E-state index in [2.05, 4.69) is 0 Å². The van der Waals surface area contributed by atoms with E-state index in [9.17, 15) is 4.79 Å². The minimum Gasteiger partial charge on any atom is -0.493 e. The van der Waals surface area contributed by atoms with Crippen LogP contribution >= 0.6 is 12.2 Å². The Morgan fingerprint density at radius 3 is 2.64 bits per heavy atom. The van der Waals surface area contributed by atoms with Gasteiger partial charge in [-0.1, -0.05) is 6.07 Å². The number of ether oxygens (including phenoxy) is 3. The van der Waals surface area contributed by atoms with Gasteiger partial charge in [-0.2, -0.15) is 0 Å². The summed E-state index contributed by atoms with van der Waals surface area (Å²) < 4.78 is 21.9. The van der Waals surface area contributed by atoms with Crippen LogP contribution in [0.25, 0.3) is 17.4 Å². The number of amides is 1. The summed E-state index contributed by atoms with van der Waals surface area (Å²) >= 11 is 5.03. The van der Waals surface area contributed by atoms with Gasteiger partial charge in [0.1, 0.15) is 11.5 Å². The first-order valence-electron chi connectivity index (χ1n) is 7.65. The van der Waals surface area contributed by atoms with Gasteiger partial charge in [-0.3, -0.25) is 9.69 Å². The van der Waals surface area contributed by atoms with Crippen LogP contribution in [0.2, 0.25) is 0 Å². The van der Waals surface area contributed by atoms with Gasteiger partial charge in [0, 0.05) is 12.6 Å². The summed E-state index contributed by atoms with van der Waals surface area (Å²) in [6.07, 6.45) is 1.53. The number of carbonyl (C=O) groups excluding carboxylic acids is 1. The first kappa shape index (κ1) is 17.0. The second-order valence-corrected chi connectivity index (χ2v) is 5.52. The lowest BCUT2D eigenvalue weighted by molar-refractivity contribution is -0.122. The Bertz CT molecular complexity index is 855. The molecule has 0 N–H and O–H groups in total. The van der Waals surface area contributed by atoms with Crippen LogP contribution in [-0.2, 0) is 9.53 Å². The molecule has 3 rings (SSSR count). The highest BCUT2D eigenvalue weighted by Gasteiger charge is 2.32. The van der Waals surface area contributed by atoms with Crippen molar-refractivity contribution in [1.82, 2.24) is 4.90 Å². The lowest BCUT2D eigenvalue weighted by Crippen LogP contribution is -2.27. The molecule has 0 radical (unpaired) electrons. The predicted octanol–water partition coefficient (Wildman–Crippen LogP) is 3.47. The lowest BCUT2D eigenvalue weighted by atomic mass is 10.1. The van der Waals surface area contributed by atoms with Crippen molar-refractivity contribution in [3.8, 4) is 22.8 Å². The molecule has 0 atom stereocenters. The predicted molar refractivity (Wildman–Crippen MR) is 96.3 cm³/mol. The second kappa shape index (κ2) is 6.98. The molecule has 1 amide bonds. The molecule has 0 spiro atoms. The third-order valence-electron chi connectivity index (χ3n) is 3.76. The lowest BCUT2D eigenvalue weighted by Gasteiger charge is -2.10. The fraction of sp³-hybridized carbons (Fsp3) is 0.222. The van der Waals surface area contributed by atoms with Crippen LogP contribution in [0.5, 0.6) is 11.5 Å². The van der Waals surface area contributed by atoms with E-state index in [0.29, 0.717) is 29.6 Å². The maximum atomic E-state index is 12.2. The van der Waals surface area contributed by atoms with E-state index in [1.165, 1.54) is 11.0 Å². The van der Waals surface area contributed by atoms with E-state index in [1.54, 1.807) is 32.4 Å². The van der Waals surface area contributed by atoms with Crippen LogP contribution in [0.3, 0.4) is 0 Å². The third-order valence-corrected chi connectivity index (χ3v) is 4.06. The molecule has 1 aliphatic rings. The first-order valence-corrected chi connectivity index (χ1v) is 8.06. The molecule has 25 heavy (non-hydrogen) atoms. The SMILES string of the molecule is CCN1C(=O)/C(=C/c2ccc(-c3cccc(OC)c3OC)o2)OC1=S. The number of nitrogens with zero attached hydrogens (tertiary/aromatic N) is 1. The Balaban J connectivity index is 1.93. The summed E-state index contributed by atoms with van der Waals surface area (Å²) in [6, 6.07) is 9.05. The summed E-state index contributed by atoms with van der Waals surface area (Å²) in [5.74, 6) is 2.11. The number of furan rings is 1. The molecule has 0 aliphatic carbocycles. The molecule has 2 heterocycles. The van der Waals surface area contributed by atoms with Gasteiger partial charge < -0.3 is 18.6 Å². The van der Waals surface area contributed by atoms with E-state index in [4.69, 9.17) is 30.8 Å². The third kappa shape index (κ3) is 3.10. The van der Waals surface area contributed by atoms with Crippen molar-refractivity contribution in [3.05, 3.63) is 41.9 Å². The topological polar surface area (TPSA) is 61.1 Å². The molecular weight excluding hydrogens is 342 g/mol. The van der Waals surface area contributed by atoms with Crippen LogP contribution in [0.15, 0.2) is 40.5 Å². The summed E-state index contributed by atoms with van der Waals surface area (Å²) in [6.45, 7) is 2.29. The number of benzene rings is 1. The van der Waals surface area contributed by atoms with Crippen molar-refractivity contribution in [2.45, 2.75) is 6.92 Å². The van der Waals surface area contributed by atoms with Crippen LogP contribution in [0.1, 0.15) is 12.7 Å². The molecule has 1 aliphatic heterocycles. The normalized spacial score (nSPS) is 15.6. The number of methoxy groups -OCH3 is 2. The minimum absolute atomic E-state index is 0.144. The number of rotatable bonds is 5. The van der Waals surface area contributed by atoms with Crippen LogP contribution in [0.4, 0.5) is 0 Å². The first-order chi connectivity index (χ1) is 12.1.